The molecule has 2 N–H and O–H groups in total. The Kier molecular flexibility index (Phi) is 6.39. The number of amides is 2. The summed E-state index contributed by atoms with van der Waals surface area (Å²) in [6.07, 6.45) is -0.0452. The zero-order valence-corrected chi connectivity index (χ0v) is 16.4. The average molecular weight is 390 g/mol. The molecule has 2 amide bonds. The summed E-state index contributed by atoms with van der Waals surface area (Å²) in [6, 6.07) is 20.6. The molecular formula is C24H23FN2O2. The number of benzene rings is 3. The molecule has 3 aromatic rings. The van der Waals surface area contributed by atoms with Crippen LogP contribution in [0.4, 0.5) is 10.1 Å². The normalized spacial score (nSPS) is 11.6. The molecular weight excluding hydrogens is 367 g/mol. The molecule has 0 radical (unpaired) electrons. The van der Waals surface area contributed by atoms with Gasteiger partial charge in [0.05, 0.1) is 12.5 Å². The van der Waals surface area contributed by atoms with Crippen molar-refractivity contribution in [1.82, 2.24) is 5.32 Å². The van der Waals surface area contributed by atoms with Crippen LogP contribution in [0.5, 0.6) is 0 Å². The molecule has 1 atom stereocenters. The van der Waals surface area contributed by atoms with E-state index >= 15 is 0 Å². The summed E-state index contributed by atoms with van der Waals surface area (Å²) >= 11 is 0. The van der Waals surface area contributed by atoms with Crippen molar-refractivity contribution in [3.8, 4) is 0 Å². The van der Waals surface area contributed by atoms with Crippen LogP contribution in [0.15, 0.2) is 72.8 Å². The third-order valence-corrected chi connectivity index (χ3v) is 4.72. The molecule has 0 bridgehead atoms. The van der Waals surface area contributed by atoms with Gasteiger partial charge in [0.25, 0.3) is 5.91 Å². The number of rotatable bonds is 6. The fraction of sp³-hybridized carbons (Fsp3) is 0.167. The van der Waals surface area contributed by atoms with Gasteiger partial charge in [0, 0.05) is 11.3 Å². The Labute approximate surface area is 169 Å². The quantitative estimate of drug-likeness (QED) is 0.635. The Balaban J connectivity index is 1.65. The lowest BCUT2D eigenvalue weighted by molar-refractivity contribution is -0.115. The van der Waals surface area contributed by atoms with Gasteiger partial charge in [0.2, 0.25) is 5.91 Å². The topological polar surface area (TPSA) is 58.2 Å². The molecule has 0 fully saturated rings. The van der Waals surface area contributed by atoms with Crippen LogP contribution in [-0.2, 0) is 11.2 Å². The van der Waals surface area contributed by atoms with E-state index < -0.39 is 5.82 Å². The van der Waals surface area contributed by atoms with Crippen molar-refractivity contribution in [3.05, 3.63) is 101 Å². The molecule has 29 heavy (non-hydrogen) atoms. The van der Waals surface area contributed by atoms with E-state index in [0.717, 1.165) is 11.1 Å². The molecule has 0 aliphatic heterocycles. The van der Waals surface area contributed by atoms with E-state index in [0.29, 0.717) is 16.8 Å². The van der Waals surface area contributed by atoms with Crippen molar-refractivity contribution in [2.24, 2.45) is 0 Å². The number of aryl methyl sites for hydroxylation is 1. The van der Waals surface area contributed by atoms with Gasteiger partial charge in [-0.15, -0.1) is 0 Å². The Morgan fingerprint density at radius 1 is 0.966 bits per heavy atom. The predicted octanol–water partition coefficient (Wildman–Crippen LogP) is 4.81. The van der Waals surface area contributed by atoms with Crippen LogP contribution in [0.25, 0.3) is 0 Å². The maximum Gasteiger partial charge on any atom is 0.252 e. The minimum absolute atomic E-state index is 0.0452. The molecule has 0 saturated carbocycles. The van der Waals surface area contributed by atoms with Crippen molar-refractivity contribution >= 4 is 17.5 Å². The number of carbonyl (C=O) groups is 2. The zero-order valence-electron chi connectivity index (χ0n) is 16.4. The number of anilines is 1. The molecule has 0 aliphatic rings. The molecule has 5 heteroatoms. The van der Waals surface area contributed by atoms with Crippen LogP contribution in [0.1, 0.15) is 40.0 Å². The Bertz CT molecular complexity index is 1030. The number of carbonyl (C=O) groups excluding carboxylic acids is 2. The van der Waals surface area contributed by atoms with Crippen molar-refractivity contribution in [2.75, 3.05) is 5.32 Å². The third-order valence-electron chi connectivity index (χ3n) is 4.72. The second kappa shape index (κ2) is 9.15. The van der Waals surface area contributed by atoms with Crippen LogP contribution >= 0.6 is 0 Å². The van der Waals surface area contributed by atoms with Gasteiger partial charge in [0.15, 0.2) is 0 Å². The fourth-order valence-corrected chi connectivity index (χ4v) is 3.09. The van der Waals surface area contributed by atoms with Gasteiger partial charge in [0.1, 0.15) is 5.82 Å². The van der Waals surface area contributed by atoms with Crippen LogP contribution in [0, 0.1) is 12.7 Å². The lowest BCUT2D eigenvalue weighted by atomic mass is 10.0. The van der Waals surface area contributed by atoms with Gasteiger partial charge in [-0.05, 0) is 54.8 Å². The number of nitrogens with one attached hydrogen (secondary N) is 2. The largest absolute Gasteiger partial charge is 0.346 e. The maximum absolute atomic E-state index is 13.7. The minimum atomic E-state index is -0.399. The molecule has 4 nitrogen and oxygen atoms in total. The first kappa shape index (κ1) is 20.3. The van der Waals surface area contributed by atoms with Crippen LogP contribution in [0.2, 0.25) is 0 Å². The zero-order chi connectivity index (χ0) is 20.8. The van der Waals surface area contributed by atoms with E-state index in [1.54, 1.807) is 30.3 Å². The first-order chi connectivity index (χ1) is 13.9. The standard InChI is InChI=1S/C24H23FN2O2/c1-16-8-3-5-12-21(16)24(29)26-17(2)18-10-7-11-20(14-18)27-23(28)15-19-9-4-6-13-22(19)25/h3-14,17H,15H2,1-2H3,(H,26,29)(H,27,28). The van der Waals surface area contributed by atoms with Crippen LogP contribution in [0.3, 0.4) is 0 Å². The molecule has 0 spiro atoms. The van der Waals surface area contributed by atoms with E-state index in [1.165, 1.54) is 6.07 Å². The Hall–Kier alpha value is -3.47. The Morgan fingerprint density at radius 3 is 2.45 bits per heavy atom. The first-order valence-electron chi connectivity index (χ1n) is 9.44. The number of hydrogen-bond donors (Lipinski definition) is 2. The molecule has 148 valence electrons. The van der Waals surface area contributed by atoms with Gasteiger partial charge >= 0.3 is 0 Å². The molecule has 0 saturated heterocycles. The summed E-state index contributed by atoms with van der Waals surface area (Å²) in [4.78, 5) is 24.8. The Morgan fingerprint density at radius 2 is 1.69 bits per heavy atom. The van der Waals surface area contributed by atoms with Gasteiger partial charge in [-0.3, -0.25) is 9.59 Å². The predicted molar refractivity (Wildman–Crippen MR) is 112 cm³/mol. The molecule has 0 heterocycles. The highest BCUT2D eigenvalue weighted by Gasteiger charge is 2.14. The van der Waals surface area contributed by atoms with E-state index in [-0.39, 0.29) is 24.3 Å². The lowest BCUT2D eigenvalue weighted by Crippen LogP contribution is -2.27. The molecule has 0 aliphatic carbocycles. The van der Waals surface area contributed by atoms with Crippen molar-refractivity contribution in [2.45, 2.75) is 26.3 Å². The van der Waals surface area contributed by atoms with E-state index in [9.17, 15) is 14.0 Å². The molecule has 0 aromatic heterocycles. The summed E-state index contributed by atoms with van der Waals surface area (Å²) in [6.45, 7) is 3.78. The van der Waals surface area contributed by atoms with Crippen LogP contribution < -0.4 is 10.6 Å². The second-order valence-corrected chi connectivity index (χ2v) is 6.95. The summed E-state index contributed by atoms with van der Waals surface area (Å²) in [5, 5.41) is 5.77. The van der Waals surface area contributed by atoms with E-state index in [1.807, 2.05) is 50.2 Å². The van der Waals surface area contributed by atoms with Gasteiger partial charge < -0.3 is 10.6 Å². The number of hydrogen-bond acceptors (Lipinski definition) is 2. The van der Waals surface area contributed by atoms with E-state index in [4.69, 9.17) is 0 Å². The van der Waals surface area contributed by atoms with Crippen molar-refractivity contribution < 1.29 is 14.0 Å². The lowest BCUT2D eigenvalue weighted by Gasteiger charge is -2.16. The summed E-state index contributed by atoms with van der Waals surface area (Å²) in [5.74, 6) is -0.850. The third kappa shape index (κ3) is 5.29. The molecule has 1 unspecified atom stereocenters. The van der Waals surface area contributed by atoms with E-state index in [2.05, 4.69) is 10.6 Å². The monoisotopic (exact) mass is 390 g/mol. The van der Waals surface area contributed by atoms with Gasteiger partial charge in [-0.1, -0.05) is 48.5 Å². The first-order valence-corrected chi connectivity index (χ1v) is 9.44. The molecule has 3 rings (SSSR count). The number of halogens is 1. The van der Waals surface area contributed by atoms with Crippen molar-refractivity contribution in [3.63, 3.8) is 0 Å². The fourth-order valence-electron chi connectivity index (χ4n) is 3.09. The minimum Gasteiger partial charge on any atom is -0.346 e. The average Bonchev–Trinajstić information content (AvgIpc) is 2.70. The maximum atomic E-state index is 13.7. The molecule has 3 aromatic carbocycles. The smallest absolute Gasteiger partial charge is 0.252 e. The highest BCUT2D eigenvalue weighted by Crippen LogP contribution is 2.19. The highest BCUT2D eigenvalue weighted by molar-refractivity contribution is 5.96. The highest BCUT2D eigenvalue weighted by atomic mass is 19.1. The van der Waals surface area contributed by atoms with Crippen molar-refractivity contribution in [1.29, 1.82) is 0 Å². The second-order valence-electron chi connectivity index (χ2n) is 6.95. The van der Waals surface area contributed by atoms with Crippen LogP contribution in [-0.4, -0.2) is 11.8 Å². The SMILES string of the molecule is Cc1ccccc1C(=O)NC(C)c1cccc(NC(=O)Cc2ccccc2F)c1. The summed E-state index contributed by atoms with van der Waals surface area (Å²) in [5.41, 5.74) is 3.34. The van der Waals surface area contributed by atoms with Gasteiger partial charge in [-0.2, -0.15) is 0 Å². The van der Waals surface area contributed by atoms with Gasteiger partial charge in [-0.25, -0.2) is 4.39 Å². The summed E-state index contributed by atoms with van der Waals surface area (Å²) in [7, 11) is 0. The summed E-state index contributed by atoms with van der Waals surface area (Å²) < 4.78 is 13.7.